The van der Waals surface area contributed by atoms with Crippen molar-refractivity contribution in [1.29, 1.82) is 5.26 Å². The van der Waals surface area contributed by atoms with Crippen LogP contribution in [-0.2, 0) is 4.79 Å². The van der Waals surface area contributed by atoms with Crippen LogP contribution in [0.3, 0.4) is 0 Å². The maximum atomic E-state index is 11.7. The third-order valence-electron chi connectivity index (χ3n) is 2.31. The lowest BCUT2D eigenvalue weighted by Gasteiger charge is -2.18. The van der Waals surface area contributed by atoms with Gasteiger partial charge < -0.3 is 5.32 Å². The number of nitrogens with zero attached hydrogens (tertiary/aromatic N) is 3. The van der Waals surface area contributed by atoms with Crippen molar-refractivity contribution in [2.75, 3.05) is 6.54 Å². The predicted octanol–water partition coefficient (Wildman–Crippen LogP) is 1.11. The molecular formula is C11H16N4O. The van der Waals surface area contributed by atoms with Gasteiger partial charge in [0, 0.05) is 18.9 Å². The Labute approximate surface area is 95.1 Å². The number of carbonyl (C=O) groups is 1. The van der Waals surface area contributed by atoms with Gasteiger partial charge in [-0.3, -0.25) is 9.48 Å². The van der Waals surface area contributed by atoms with Gasteiger partial charge >= 0.3 is 0 Å². The molecule has 1 N–H and O–H groups in total. The van der Waals surface area contributed by atoms with E-state index in [1.54, 1.807) is 43.9 Å². The van der Waals surface area contributed by atoms with Crippen molar-refractivity contribution < 1.29 is 4.79 Å². The molecule has 1 atom stereocenters. The van der Waals surface area contributed by atoms with Crippen LogP contribution in [0, 0.1) is 16.7 Å². The van der Waals surface area contributed by atoms with Crippen LogP contribution in [0.25, 0.3) is 0 Å². The van der Waals surface area contributed by atoms with Gasteiger partial charge in [0.15, 0.2) is 0 Å². The molecule has 1 aromatic rings. The highest BCUT2D eigenvalue weighted by Gasteiger charge is 2.20. The first kappa shape index (κ1) is 12.2. The summed E-state index contributed by atoms with van der Waals surface area (Å²) in [5.74, 6) is -0.132. The Morgan fingerprint density at radius 1 is 1.69 bits per heavy atom. The first-order valence-electron chi connectivity index (χ1n) is 5.14. The van der Waals surface area contributed by atoms with E-state index in [-0.39, 0.29) is 11.9 Å². The van der Waals surface area contributed by atoms with E-state index >= 15 is 0 Å². The molecule has 0 saturated heterocycles. The molecule has 1 unspecified atom stereocenters. The van der Waals surface area contributed by atoms with Gasteiger partial charge in [0.1, 0.15) is 6.04 Å². The lowest BCUT2D eigenvalue weighted by molar-refractivity contribution is -0.124. The quantitative estimate of drug-likeness (QED) is 0.826. The van der Waals surface area contributed by atoms with E-state index in [1.807, 2.05) is 0 Å². The van der Waals surface area contributed by atoms with Crippen LogP contribution in [-0.4, -0.2) is 22.2 Å². The minimum Gasteiger partial charge on any atom is -0.353 e. The topological polar surface area (TPSA) is 70.7 Å². The van der Waals surface area contributed by atoms with E-state index in [9.17, 15) is 4.79 Å². The zero-order chi connectivity index (χ0) is 12.2. The fourth-order valence-electron chi connectivity index (χ4n) is 1.13. The average Bonchev–Trinajstić information content (AvgIpc) is 2.78. The van der Waals surface area contributed by atoms with Crippen molar-refractivity contribution in [3.05, 3.63) is 18.5 Å². The van der Waals surface area contributed by atoms with Gasteiger partial charge in [-0.15, -0.1) is 0 Å². The average molecular weight is 220 g/mol. The molecule has 1 rings (SSSR count). The molecule has 5 nitrogen and oxygen atoms in total. The second kappa shape index (κ2) is 4.79. The molecule has 0 aliphatic rings. The van der Waals surface area contributed by atoms with E-state index in [2.05, 4.69) is 16.5 Å². The second-order valence-corrected chi connectivity index (χ2v) is 4.38. The molecule has 86 valence electrons. The lowest BCUT2D eigenvalue weighted by atomic mass is 9.96. The van der Waals surface area contributed by atoms with Gasteiger partial charge in [0.2, 0.25) is 5.91 Å². The number of amides is 1. The molecule has 0 fully saturated rings. The van der Waals surface area contributed by atoms with Crippen LogP contribution < -0.4 is 5.32 Å². The zero-order valence-corrected chi connectivity index (χ0v) is 9.77. The monoisotopic (exact) mass is 220 g/mol. The Morgan fingerprint density at radius 3 is 2.88 bits per heavy atom. The fraction of sp³-hybridized carbons (Fsp3) is 0.545. The van der Waals surface area contributed by atoms with Crippen LogP contribution >= 0.6 is 0 Å². The zero-order valence-electron chi connectivity index (χ0n) is 9.77. The highest BCUT2D eigenvalue weighted by atomic mass is 16.2. The van der Waals surface area contributed by atoms with Gasteiger partial charge in [-0.1, -0.05) is 0 Å². The molecule has 0 aromatic carbocycles. The number of rotatable bonds is 4. The Bertz CT molecular complexity index is 389. The van der Waals surface area contributed by atoms with Crippen molar-refractivity contribution >= 4 is 5.91 Å². The molecule has 1 aromatic heterocycles. The molecule has 1 amide bonds. The molecule has 0 aliphatic carbocycles. The third kappa shape index (κ3) is 3.09. The van der Waals surface area contributed by atoms with Gasteiger partial charge in [0.25, 0.3) is 0 Å². The summed E-state index contributed by atoms with van der Waals surface area (Å²) in [4.78, 5) is 11.7. The Kier molecular flexibility index (Phi) is 3.67. The molecule has 16 heavy (non-hydrogen) atoms. The van der Waals surface area contributed by atoms with Gasteiger partial charge in [-0.05, 0) is 26.8 Å². The van der Waals surface area contributed by atoms with Crippen molar-refractivity contribution in [3.63, 3.8) is 0 Å². The number of hydrogen-bond donors (Lipinski definition) is 1. The van der Waals surface area contributed by atoms with Gasteiger partial charge in [0.05, 0.1) is 11.5 Å². The number of aromatic nitrogens is 2. The smallest absolute Gasteiger partial charge is 0.244 e. The maximum absolute atomic E-state index is 11.7. The van der Waals surface area contributed by atoms with Crippen LogP contribution in [0.4, 0.5) is 0 Å². The first-order chi connectivity index (χ1) is 7.46. The minimum atomic E-state index is -0.542. The Hall–Kier alpha value is -1.83. The van der Waals surface area contributed by atoms with Crippen molar-refractivity contribution in [2.24, 2.45) is 5.41 Å². The molecule has 0 radical (unpaired) electrons. The number of hydrogen-bond acceptors (Lipinski definition) is 3. The fourth-order valence-corrected chi connectivity index (χ4v) is 1.13. The molecule has 0 bridgehead atoms. The Balaban J connectivity index is 2.51. The highest BCUT2D eigenvalue weighted by molar-refractivity contribution is 5.79. The molecule has 0 saturated carbocycles. The van der Waals surface area contributed by atoms with Crippen molar-refractivity contribution in [3.8, 4) is 6.07 Å². The third-order valence-corrected chi connectivity index (χ3v) is 2.31. The molecule has 5 heteroatoms. The van der Waals surface area contributed by atoms with Crippen LogP contribution in [0.1, 0.15) is 26.8 Å². The summed E-state index contributed by atoms with van der Waals surface area (Å²) < 4.78 is 1.58. The van der Waals surface area contributed by atoms with E-state index in [1.165, 1.54) is 0 Å². The van der Waals surface area contributed by atoms with Crippen molar-refractivity contribution in [1.82, 2.24) is 15.1 Å². The standard InChI is InChI=1S/C11H16N4O/c1-9(15-6-4-5-14-15)10(16)13-8-11(2,3)7-12/h4-6,9H,8H2,1-3H3,(H,13,16). The number of nitrogens with one attached hydrogen (secondary N) is 1. The van der Waals surface area contributed by atoms with E-state index < -0.39 is 5.41 Å². The summed E-state index contributed by atoms with van der Waals surface area (Å²) in [6.07, 6.45) is 3.36. The maximum Gasteiger partial charge on any atom is 0.244 e. The second-order valence-electron chi connectivity index (χ2n) is 4.38. The Morgan fingerprint density at radius 2 is 2.38 bits per heavy atom. The molecule has 0 spiro atoms. The molecule has 1 heterocycles. The van der Waals surface area contributed by atoms with E-state index in [4.69, 9.17) is 5.26 Å². The summed E-state index contributed by atoms with van der Waals surface area (Å²) in [5, 5.41) is 15.5. The summed E-state index contributed by atoms with van der Waals surface area (Å²) in [7, 11) is 0. The van der Waals surface area contributed by atoms with Gasteiger partial charge in [-0.25, -0.2) is 0 Å². The molecule has 0 aliphatic heterocycles. The van der Waals surface area contributed by atoms with Crippen LogP contribution in [0.2, 0.25) is 0 Å². The summed E-state index contributed by atoms with van der Waals surface area (Å²) >= 11 is 0. The summed E-state index contributed by atoms with van der Waals surface area (Å²) in [6, 6.07) is 3.54. The summed E-state index contributed by atoms with van der Waals surface area (Å²) in [6.45, 7) is 5.67. The highest BCUT2D eigenvalue weighted by Crippen LogP contribution is 2.11. The predicted molar refractivity (Wildman–Crippen MR) is 59.3 cm³/mol. The molecular weight excluding hydrogens is 204 g/mol. The van der Waals surface area contributed by atoms with E-state index in [0.29, 0.717) is 6.54 Å². The van der Waals surface area contributed by atoms with Crippen LogP contribution in [0.5, 0.6) is 0 Å². The largest absolute Gasteiger partial charge is 0.353 e. The van der Waals surface area contributed by atoms with Crippen molar-refractivity contribution in [2.45, 2.75) is 26.8 Å². The number of nitriles is 1. The minimum absolute atomic E-state index is 0.132. The number of carbonyl (C=O) groups excluding carboxylic acids is 1. The normalized spacial score (nSPS) is 12.9. The summed E-state index contributed by atoms with van der Waals surface area (Å²) in [5.41, 5.74) is -0.542. The van der Waals surface area contributed by atoms with Crippen LogP contribution in [0.15, 0.2) is 18.5 Å². The lowest BCUT2D eigenvalue weighted by Crippen LogP contribution is -2.37. The van der Waals surface area contributed by atoms with E-state index in [0.717, 1.165) is 0 Å². The SMILES string of the molecule is CC(C(=O)NCC(C)(C)C#N)n1cccn1. The first-order valence-corrected chi connectivity index (χ1v) is 5.14. The van der Waals surface area contributed by atoms with Gasteiger partial charge in [-0.2, -0.15) is 10.4 Å².